The Morgan fingerprint density at radius 3 is 2.40 bits per heavy atom. The number of fused-ring (bicyclic) bond motifs is 2. The Balaban J connectivity index is 1.41. The molecule has 11 heteroatoms. The van der Waals surface area contributed by atoms with Crippen LogP contribution >= 0.6 is 0 Å². The van der Waals surface area contributed by atoms with Gasteiger partial charge in [0.1, 0.15) is 5.82 Å². The van der Waals surface area contributed by atoms with Crippen molar-refractivity contribution in [2.24, 2.45) is 0 Å². The summed E-state index contributed by atoms with van der Waals surface area (Å²) in [6.07, 6.45) is -3.96. The molecule has 35 heavy (non-hydrogen) atoms. The molecule has 3 aliphatic heterocycles. The first-order valence-electron chi connectivity index (χ1n) is 10.8. The first-order valence-corrected chi connectivity index (χ1v) is 10.8. The first kappa shape index (κ1) is 24.5. The minimum Gasteiger partial charge on any atom is -0.379 e. The highest BCUT2D eigenvalue weighted by Crippen LogP contribution is 2.39. The summed E-state index contributed by atoms with van der Waals surface area (Å²) in [5.74, 6) is -1.37. The molecule has 2 aromatic carbocycles. The molecule has 3 atom stereocenters. The highest BCUT2D eigenvalue weighted by Gasteiger charge is 2.47. The lowest BCUT2D eigenvalue weighted by molar-refractivity contribution is -0.138. The Labute approximate surface area is 198 Å². The van der Waals surface area contributed by atoms with Gasteiger partial charge in [0, 0.05) is 37.4 Å². The number of piperidine rings is 1. The average molecular weight is 487 g/mol. The van der Waals surface area contributed by atoms with Gasteiger partial charge in [0.05, 0.1) is 34.5 Å². The number of carbonyl (C=O) groups is 1. The van der Waals surface area contributed by atoms with Gasteiger partial charge in [0.2, 0.25) is 0 Å². The van der Waals surface area contributed by atoms with E-state index in [0.29, 0.717) is 24.8 Å². The molecule has 2 aromatic rings. The molecule has 3 fully saturated rings. The number of hydrogen-bond acceptors (Lipinski definition) is 6. The molecule has 3 saturated heterocycles. The van der Waals surface area contributed by atoms with E-state index in [0.717, 1.165) is 12.5 Å². The summed E-state index contributed by atoms with van der Waals surface area (Å²) < 4.78 is 54.0. The van der Waals surface area contributed by atoms with Gasteiger partial charge >= 0.3 is 6.18 Å². The first-order chi connectivity index (χ1) is 16.4. The maximum Gasteiger partial charge on any atom is 0.417 e. The molecular weight excluding hydrogens is 466 g/mol. The third-order valence-electron chi connectivity index (χ3n) is 6.35. The van der Waals surface area contributed by atoms with Gasteiger partial charge in [0.15, 0.2) is 5.60 Å². The van der Waals surface area contributed by atoms with E-state index in [2.05, 4.69) is 5.32 Å². The summed E-state index contributed by atoms with van der Waals surface area (Å²) in [6.45, 7) is 2.11. The predicted molar refractivity (Wildman–Crippen MR) is 118 cm³/mol. The maximum atomic E-state index is 14.5. The summed E-state index contributed by atoms with van der Waals surface area (Å²) in [5.41, 5.74) is -3.23. The van der Waals surface area contributed by atoms with Gasteiger partial charge in [-0.3, -0.25) is 9.69 Å². The van der Waals surface area contributed by atoms with Gasteiger partial charge in [-0.2, -0.15) is 23.7 Å². The normalized spacial score (nSPS) is 21.3. The third kappa shape index (κ3) is 4.78. The van der Waals surface area contributed by atoms with Crippen LogP contribution in [-0.4, -0.2) is 53.2 Å². The van der Waals surface area contributed by atoms with Crippen molar-refractivity contribution in [2.45, 2.75) is 37.2 Å². The largest absolute Gasteiger partial charge is 0.417 e. The molecule has 182 valence electrons. The molecule has 0 spiro atoms. The fourth-order valence-electron chi connectivity index (χ4n) is 4.73. The van der Waals surface area contributed by atoms with Crippen molar-refractivity contribution in [3.63, 3.8) is 0 Å². The number of anilines is 2. The fraction of sp³-hybridized carbons (Fsp3) is 0.375. The van der Waals surface area contributed by atoms with Crippen LogP contribution in [0.15, 0.2) is 36.4 Å². The number of amides is 1. The number of halogens is 4. The van der Waals surface area contributed by atoms with Crippen LogP contribution in [0.2, 0.25) is 0 Å². The Morgan fingerprint density at radius 2 is 1.83 bits per heavy atom. The maximum absolute atomic E-state index is 14.5. The second kappa shape index (κ2) is 8.84. The zero-order valence-corrected chi connectivity index (χ0v) is 18.6. The van der Waals surface area contributed by atoms with Crippen molar-refractivity contribution in [3.05, 3.63) is 58.9 Å². The lowest BCUT2D eigenvalue weighted by Gasteiger charge is -2.58. The SMILES string of the molecule is C[C@](O)(CN1CC2CC(C1)N2c1ccc(C#N)cc1F)C(=O)Nc1ccc(C#N)c(C(F)(F)F)c1. The third-order valence-corrected chi connectivity index (χ3v) is 6.35. The Kier molecular flexibility index (Phi) is 6.18. The number of piperazine rings is 1. The minimum absolute atomic E-state index is 0.0390. The van der Waals surface area contributed by atoms with Crippen LogP contribution in [0.25, 0.3) is 0 Å². The lowest BCUT2D eigenvalue weighted by atomic mass is 9.85. The van der Waals surface area contributed by atoms with Crippen LogP contribution in [0, 0.1) is 28.5 Å². The number of hydrogen-bond donors (Lipinski definition) is 2. The highest BCUT2D eigenvalue weighted by atomic mass is 19.4. The van der Waals surface area contributed by atoms with Crippen molar-refractivity contribution < 1.29 is 27.5 Å². The number of rotatable bonds is 5. The Bertz CT molecular complexity index is 1240. The van der Waals surface area contributed by atoms with E-state index >= 15 is 0 Å². The fourth-order valence-corrected chi connectivity index (χ4v) is 4.73. The van der Waals surface area contributed by atoms with E-state index in [4.69, 9.17) is 10.5 Å². The van der Waals surface area contributed by atoms with Crippen LogP contribution in [0.4, 0.5) is 28.9 Å². The number of nitrogens with zero attached hydrogens (tertiary/aromatic N) is 4. The number of nitriles is 2. The zero-order valence-electron chi connectivity index (χ0n) is 18.6. The monoisotopic (exact) mass is 487 g/mol. The van der Waals surface area contributed by atoms with Crippen molar-refractivity contribution >= 4 is 17.3 Å². The molecule has 3 heterocycles. The van der Waals surface area contributed by atoms with Gasteiger partial charge in [0.25, 0.3) is 5.91 Å². The summed E-state index contributed by atoms with van der Waals surface area (Å²) in [6, 6.07) is 10.4. The van der Waals surface area contributed by atoms with Crippen LogP contribution in [0.5, 0.6) is 0 Å². The standard InChI is InChI=1S/C24H21F4N5O2/c1-23(35,22(34)31-16-4-3-15(10-30)19(7-16)24(26,27)28)13-32-11-17-8-18(12-32)33(17)21-5-2-14(9-29)6-20(21)25/h2-7,17-18,35H,8,11-13H2,1H3,(H,31,34)/t17?,18?,23-/m0/s1. The molecule has 0 aromatic heterocycles. The summed E-state index contributed by atoms with van der Waals surface area (Å²) in [4.78, 5) is 16.5. The number of benzene rings is 2. The van der Waals surface area contributed by atoms with Gasteiger partial charge in [-0.15, -0.1) is 0 Å². The lowest BCUT2D eigenvalue weighted by Crippen LogP contribution is -2.70. The Morgan fingerprint density at radius 1 is 1.14 bits per heavy atom. The molecule has 0 radical (unpaired) electrons. The van der Waals surface area contributed by atoms with Crippen LogP contribution in [-0.2, 0) is 11.0 Å². The quantitative estimate of drug-likeness (QED) is 0.628. The van der Waals surface area contributed by atoms with Crippen molar-refractivity contribution in [3.8, 4) is 12.1 Å². The number of nitrogens with one attached hydrogen (secondary N) is 1. The van der Waals surface area contributed by atoms with Crippen molar-refractivity contribution in [1.29, 1.82) is 10.5 Å². The molecule has 1 amide bonds. The second-order valence-corrected chi connectivity index (χ2v) is 9.02. The van der Waals surface area contributed by atoms with E-state index in [1.807, 2.05) is 15.9 Å². The molecule has 3 aliphatic rings. The molecule has 0 aliphatic carbocycles. The topological polar surface area (TPSA) is 103 Å². The van der Waals surface area contributed by atoms with E-state index < -0.39 is 34.6 Å². The van der Waals surface area contributed by atoms with Crippen LogP contribution in [0.1, 0.15) is 30.0 Å². The summed E-state index contributed by atoms with van der Waals surface area (Å²) in [7, 11) is 0. The highest BCUT2D eigenvalue weighted by molar-refractivity contribution is 5.97. The molecule has 0 saturated carbocycles. The van der Waals surface area contributed by atoms with E-state index in [9.17, 15) is 27.5 Å². The number of aliphatic hydroxyl groups is 1. The van der Waals surface area contributed by atoms with Crippen molar-refractivity contribution in [2.75, 3.05) is 29.9 Å². The van der Waals surface area contributed by atoms with E-state index in [1.165, 1.54) is 25.1 Å². The average Bonchev–Trinajstić information content (AvgIpc) is 2.79. The predicted octanol–water partition coefficient (Wildman–Crippen LogP) is 3.24. The Hall–Kier alpha value is -3.67. The molecular formula is C24H21F4N5O2. The van der Waals surface area contributed by atoms with Gasteiger partial charge in [-0.25, -0.2) is 4.39 Å². The summed E-state index contributed by atoms with van der Waals surface area (Å²) in [5, 5.41) is 30.9. The summed E-state index contributed by atoms with van der Waals surface area (Å²) >= 11 is 0. The van der Waals surface area contributed by atoms with Gasteiger partial charge in [-0.05, 0) is 49.7 Å². The molecule has 7 nitrogen and oxygen atoms in total. The van der Waals surface area contributed by atoms with E-state index in [-0.39, 0.29) is 29.9 Å². The van der Waals surface area contributed by atoms with Gasteiger partial charge < -0.3 is 15.3 Å². The zero-order chi connectivity index (χ0) is 25.5. The molecule has 2 N–H and O–H groups in total. The minimum atomic E-state index is -4.77. The molecule has 2 bridgehead atoms. The van der Waals surface area contributed by atoms with Crippen molar-refractivity contribution in [1.82, 2.24) is 4.90 Å². The number of carbonyl (C=O) groups excluding carboxylic acids is 1. The molecule has 2 unspecified atom stereocenters. The second-order valence-electron chi connectivity index (χ2n) is 9.02. The van der Waals surface area contributed by atoms with Gasteiger partial charge in [-0.1, -0.05) is 0 Å². The number of alkyl halides is 3. The smallest absolute Gasteiger partial charge is 0.379 e. The van der Waals surface area contributed by atoms with E-state index in [1.54, 1.807) is 12.1 Å². The van der Waals surface area contributed by atoms with Crippen LogP contribution < -0.4 is 10.2 Å². The molecule has 5 rings (SSSR count). The van der Waals surface area contributed by atoms with Crippen LogP contribution in [0.3, 0.4) is 0 Å².